The lowest BCUT2D eigenvalue weighted by Crippen LogP contribution is -2.40. The Morgan fingerprint density at radius 2 is 1.87 bits per heavy atom. The third-order valence-corrected chi connectivity index (χ3v) is 5.26. The molecule has 0 saturated carbocycles. The maximum Gasteiger partial charge on any atom is 0.246 e. The third-order valence-electron chi connectivity index (χ3n) is 5.26. The van der Waals surface area contributed by atoms with Crippen molar-refractivity contribution in [1.29, 1.82) is 0 Å². The molecule has 3 aromatic rings. The summed E-state index contributed by atoms with van der Waals surface area (Å²) in [5.41, 5.74) is 8.07. The molecule has 0 aliphatic carbocycles. The normalized spacial score (nSPS) is 16.7. The smallest absolute Gasteiger partial charge is 0.246 e. The summed E-state index contributed by atoms with van der Waals surface area (Å²) in [5, 5.41) is 4.75. The van der Waals surface area contributed by atoms with E-state index in [0.29, 0.717) is 12.4 Å². The first-order valence-electron chi connectivity index (χ1n) is 10.2. The summed E-state index contributed by atoms with van der Waals surface area (Å²) in [5.74, 6) is 2.22. The van der Waals surface area contributed by atoms with Gasteiger partial charge in [-0.3, -0.25) is 4.79 Å². The average Bonchev–Trinajstić information content (AvgIpc) is 3.17. The number of likely N-dealkylation sites (tertiary alicyclic amines) is 1. The molecule has 0 radical (unpaired) electrons. The van der Waals surface area contributed by atoms with Crippen LogP contribution in [-0.2, 0) is 4.79 Å². The fourth-order valence-corrected chi connectivity index (χ4v) is 3.76. The first-order chi connectivity index (χ1) is 14.6. The maximum absolute atomic E-state index is 12.2. The number of rotatable bonds is 5. The van der Waals surface area contributed by atoms with Gasteiger partial charge in [-0.2, -0.15) is 5.10 Å². The lowest BCUT2D eigenvalue weighted by Gasteiger charge is -2.32. The number of carbonyl (C=O) groups is 1. The topological polar surface area (TPSA) is 73.4 Å². The molecule has 1 aliphatic heterocycles. The Kier molecular flexibility index (Phi) is 5.84. The molecule has 0 spiro atoms. The molecule has 2 N–H and O–H groups in total. The number of hydrogen-bond donors (Lipinski definition) is 1. The van der Waals surface area contributed by atoms with E-state index < -0.39 is 0 Å². The van der Waals surface area contributed by atoms with E-state index in [0.717, 1.165) is 42.1 Å². The van der Waals surface area contributed by atoms with Crippen molar-refractivity contribution in [3.05, 3.63) is 72.8 Å². The summed E-state index contributed by atoms with van der Waals surface area (Å²) in [6, 6.07) is 19.5. The second-order valence-corrected chi connectivity index (χ2v) is 7.42. The second-order valence-electron chi connectivity index (χ2n) is 7.42. The molecule has 1 unspecified atom stereocenters. The lowest BCUT2D eigenvalue weighted by atomic mass is 10.1. The summed E-state index contributed by atoms with van der Waals surface area (Å²) in [6.07, 6.45) is 5.28. The van der Waals surface area contributed by atoms with Crippen molar-refractivity contribution in [1.82, 2.24) is 14.7 Å². The van der Waals surface area contributed by atoms with Crippen LogP contribution >= 0.6 is 0 Å². The van der Waals surface area contributed by atoms with Crippen LogP contribution in [0.2, 0.25) is 0 Å². The van der Waals surface area contributed by atoms with E-state index in [1.807, 2.05) is 77.2 Å². The van der Waals surface area contributed by atoms with Crippen LogP contribution in [0, 0.1) is 0 Å². The van der Waals surface area contributed by atoms with Gasteiger partial charge in [0, 0.05) is 24.7 Å². The second kappa shape index (κ2) is 8.86. The van der Waals surface area contributed by atoms with E-state index in [2.05, 4.69) is 0 Å². The van der Waals surface area contributed by atoms with E-state index in [9.17, 15) is 4.79 Å². The van der Waals surface area contributed by atoms with Gasteiger partial charge >= 0.3 is 0 Å². The van der Waals surface area contributed by atoms with Crippen molar-refractivity contribution in [2.24, 2.45) is 0 Å². The molecule has 6 nitrogen and oxygen atoms in total. The van der Waals surface area contributed by atoms with Crippen LogP contribution in [0.15, 0.2) is 72.8 Å². The van der Waals surface area contributed by atoms with Crippen LogP contribution in [-0.4, -0.2) is 33.7 Å². The largest absolute Gasteiger partial charge is 0.457 e. The average molecular weight is 402 g/mol. The molecule has 6 heteroatoms. The molecule has 0 bridgehead atoms. The number of benzene rings is 2. The van der Waals surface area contributed by atoms with E-state index in [-0.39, 0.29) is 11.9 Å². The summed E-state index contributed by atoms with van der Waals surface area (Å²) < 4.78 is 7.71. The van der Waals surface area contributed by atoms with Gasteiger partial charge in [-0.15, -0.1) is 0 Å². The van der Waals surface area contributed by atoms with Crippen molar-refractivity contribution in [2.75, 3.05) is 18.8 Å². The first-order valence-corrected chi connectivity index (χ1v) is 10.2. The standard InChI is InChI=1S/C24H26N4O2/c1-2-7-24(29)27-15-6-8-19(17-27)28-23(25)16-22(26-28)18-11-13-21(14-12-18)30-20-9-4-3-5-10-20/h2-5,7,9-14,16,19H,6,8,15,17,25H2,1H3/b7-2+. The third kappa shape index (κ3) is 4.38. The zero-order valence-electron chi connectivity index (χ0n) is 17.1. The molecule has 1 aliphatic rings. The Morgan fingerprint density at radius 1 is 1.13 bits per heavy atom. The van der Waals surface area contributed by atoms with Crippen molar-refractivity contribution in [3.63, 3.8) is 0 Å². The number of nitrogens with zero attached hydrogens (tertiary/aromatic N) is 3. The number of hydrogen-bond acceptors (Lipinski definition) is 4. The summed E-state index contributed by atoms with van der Waals surface area (Å²) >= 11 is 0. The first kappa shape index (κ1) is 19.8. The van der Waals surface area contributed by atoms with Gasteiger partial charge in [0.05, 0.1) is 11.7 Å². The Balaban J connectivity index is 1.49. The fraction of sp³-hybridized carbons (Fsp3) is 0.250. The molecule has 2 heterocycles. The molecule has 1 fully saturated rings. The molecule has 154 valence electrons. The van der Waals surface area contributed by atoms with Crippen molar-refractivity contribution >= 4 is 11.7 Å². The van der Waals surface area contributed by atoms with Crippen LogP contribution in [0.4, 0.5) is 5.82 Å². The van der Waals surface area contributed by atoms with Crippen molar-refractivity contribution in [3.8, 4) is 22.8 Å². The minimum absolute atomic E-state index is 0.0437. The predicted octanol–water partition coefficient (Wildman–Crippen LogP) is 4.66. The fourth-order valence-electron chi connectivity index (χ4n) is 3.76. The molecule has 1 saturated heterocycles. The van der Waals surface area contributed by atoms with Crippen LogP contribution in [0.1, 0.15) is 25.8 Å². The van der Waals surface area contributed by atoms with Gasteiger partial charge in [-0.05, 0) is 62.2 Å². The monoisotopic (exact) mass is 402 g/mol. The Labute approximate surface area is 176 Å². The predicted molar refractivity (Wildman–Crippen MR) is 118 cm³/mol. The minimum atomic E-state index is 0.0437. The van der Waals surface area contributed by atoms with Gasteiger partial charge in [0.2, 0.25) is 5.91 Å². The SMILES string of the molecule is C/C=C/C(=O)N1CCCC(n2nc(-c3ccc(Oc4ccccc4)cc3)cc2N)C1. The van der Waals surface area contributed by atoms with Gasteiger partial charge in [-0.25, -0.2) is 4.68 Å². The van der Waals surface area contributed by atoms with E-state index in [4.69, 9.17) is 15.6 Å². The number of carbonyl (C=O) groups excluding carboxylic acids is 1. The molecule has 30 heavy (non-hydrogen) atoms. The highest BCUT2D eigenvalue weighted by Crippen LogP contribution is 2.29. The van der Waals surface area contributed by atoms with Crippen LogP contribution in [0.3, 0.4) is 0 Å². The van der Waals surface area contributed by atoms with E-state index >= 15 is 0 Å². The highest BCUT2D eigenvalue weighted by molar-refractivity contribution is 5.87. The number of allylic oxidation sites excluding steroid dienone is 1. The molecule has 1 aromatic heterocycles. The molecule has 2 aromatic carbocycles. The summed E-state index contributed by atoms with van der Waals surface area (Å²) in [4.78, 5) is 14.1. The summed E-state index contributed by atoms with van der Waals surface area (Å²) in [7, 11) is 0. The van der Waals surface area contributed by atoms with E-state index in [1.165, 1.54) is 0 Å². The zero-order chi connectivity index (χ0) is 20.9. The Hall–Kier alpha value is -3.54. The number of para-hydroxylation sites is 1. The quantitative estimate of drug-likeness (QED) is 0.630. The Bertz CT molecular complexity index is 1030. The van der Waals surface area contributed by atoms with Gasteiger partial charge in [0.1, 0.15) is 17.3 Å². The van der Waals surface area contributed by atoms with Crippen LogP contribution in [0.5, 0.6) is 11.5 Å². The zero-order valence-corrected chi connectivity index (χ0v) is 17.1. The molecular weight excluding hydrogens is 376 g/mol. The summed E-state index contributed by atoms with van der Waals surface area (Å²) in [6.45, 7) is 3.25. The number of amides is 1. The van der Waals surface area contributed by atoms with Crippen molar-refractivity contribution in [2.45, 2.75) is 25.8 Å². The van der Waals surface area contributed by atoms with Gasteiger partial charge in [-0.1, -0.05) is 24.3 Å². The molecular formula is C24H26N4O2. The number of anilines is 1. The molecule has 1 amide bonds. The van der Waals surface area contributed by atoms with E-state index in [1.54, 1.807) is 12.2 Å². The highest BCUT2D eigenvalue weighted by atomic mass is 16.5. The number of aromatic nitrogens is 2. The minimum Gasteiger partial charge on any atom is -0.457 e. The molecule has 4 rings (SSSR count). The Morgan fingerprint density at radius 3 is 2.60 bits per heavy atom. The van der Waals surface area contributed by atoms with Gasteiger partial charge in [0.25, 0.3) is 0 Å². The van der Waals surface area contributed by atoms with Crippen LogP contribution in [0.25, 0.3) is 11.3 Å². The van der Waals surface area contributed by atoms with Gasteiger partial charge in [0.15, 0.2) is 0 Å². The number of nitrogen functional groups attached to an aromatic ring is 1. The molecule has 1 atom stereocenters. The number of piperidine rings is 1. The number of ether oxygens (including phenoxy) is 1. The number of nitrogens with two attached hydrogens (primary N) is 1. The highest BCUT2D eigenvalue weighted by Gasteiger charge is 2.25. The van der Waals surface area contributed by atoms with Gasteiger partial charge < -0.3 is 15.4 Å². The maximum atomic E-state index is 12.2. The van der Waals surface area contributed by atoms with Crippen LogP contribution < -0.4 is 10.5 Å². The van der Waals surface area contributed by atoms with Crippen molar-refractivity contribution < 1.29 is 9.53 Å². The lowest BCUT2D eigenvalue weighted by molar-refractivity contribution is -0.127.